The van der Waals surface area contributed by atoms with Crippen molar-refractivity contribution >= 4 is 22.6 Å². The Morgan fingerprint density at radius 2 is 2.21 bits per heavy atom. The standard InChI is InChI=1S/C15H20ClN3/c1-9(2)19-13-5-4-11(16)8-12(13)18-15(19)14-10(3)6-7-17-14/h4-5,8-10,14,17H,6-7H2,1-3H3. The van der Waals surface area contributed by atoms with E-state index in [1.807, 2.05) is 12.1 Å². The molecule has 0 amide bonds. The molecule has 0 bridgehead atoms. The van der Waals surface area contributed by atoms with E-state index in [2.05, 4.69) is 36.7 Å². The molecule has 1 aliphatic rings. The third-order valence-electron chi connectivity index (χ3n) is 4.01. The van der Waals surface area contributed by atoms with Gasteiger partial charge in [0.1, 0.15) is 5.82 Å². The summed E-state index contributed by atoms with van der Waals surface area (Å²) in [6, 6.07) is 6.73. The predicted octanol–water partition coefficient (Wildman–Crippen LogP) is 3.94. The Labute approximate surface area is 119 Å². The first kappa shape index (κ1) is 12.9. The van der Waals surface area contributed by atoms with E-state index in [9.17, 15) is 0 Å². The van der Waals surface area contributed by atoms with Crippen molar-refractivity contribution in [3.8, 4) is 0 Å². The highest BCUT2D eigenvalue weighted by Crippen LogP contribution is 2.33. The van der Waals surface area contributed by atoms with E-state index in [1.165, 1.54) is 11.9 Å². The fourth-order valence-corrected chi connectivity index (χ4v) is 3.20. The Kier molecular flexibility index (Phi) is 3.27. The van der Waals surface area contributed by atoms with Gasteiger partial charge < -0.3 is 9.88 Å². The number of imidazole rings is 1. The maximum atomic E-state index is 6.08. The maximum Gasteiger partial charge on any atom is 0.127 e. The normalized spacial score (nSPS) is 23.6. The second kappa shape index (κ2) is 4.80. The highest BCUT2D eigenvalue weighted by Gasteiger charge is 2.29. The molecule has 0 aliphatic carbocycles. The first-order chi connectivity index (χ1) is 9.08. The number of fused-ring (bicyclic) bond motifs is 1. The smallest absolute Gasteiger partial charge is 0.127 e. The molecule has 1 aromatic carbocycles. The summed E-state index contributed by atoms with van der Waals surface area (Å²) < 4.78 is 2.34. The second-order valence-corrected chi connectivity index (χ2v) is 6.20. The van der Waals surface area contributed by atoms with Crippen LogP contribution in [0.2, 0.25) is 5.02 Å². The summed E-state index contributed by atoms with van der Waals surface area (Å²) in [6.45, 7) is 7.78. The molecule has 2 aromatic rings. The van der Waals surface area contributed by atoms with Gasteiger partial charge in [-0.2, -0.15) is 0 Å². The van der Waals surface area contributed by atoms with Crippen molar-refractivity contribution < 1.29 is 0 Å². The molecule has 3 nitrogen and oxygen atoms in total. The Hall–Kier alpha value is -1.06. The number of halogens is 1. The first-order valence-corrected chi connectivity index (χ1v) is 7.36. The summed E-state index contributed by atoms with van der Waals surface area (Å²) in [5, 5.41) is 4.33. The minimum atomic E-state index is 0.355. The van der Waals surface area contributed by atoms with E-state index in [0.717, 1.165) is 22.9 Å². The van der Waals surface area contributed by atoms with Crippen LogP contribution in [-0.4, -0.2) is 16.1 Å². The van der Waals surface area contributed by atoms with Gasteiger partial charge in [-0.25, -0.2) is 4.98 Å². The van der Waals surface area contributed by atoms with Gasteiger partial charge in [0.25, 0.3) is 0 Å². The lowest BCUT2D eigenvalue weighted by Gasteiger charge is -2.20. The number of hydrogen-bond donors (Lipinski definition) is 1. The minimum absolute atomic E-state index is 0.355. The number of rotatable bonds is 2. The van der Waals surface area contributed by atoms with Crippen LogP contribution in [0, 0.1) is 5.92 Å². The average Bonchev–Trinajstić information content (AvgIpc) is 2.91. The molecular weight excluding hydrogens is 258 g/mol. The zero-order valence-electron chi connectivity index (χ0n) is 11.7. The van der Waals surface area contributed by atoms with Crippen molar-refractivity contribution in [2.24, 2.45) is 5.92 Å². The van der Waals surface area contributed by atoms with Crippen LogP contribution in [0.25, 0.3) is 11.0 Å². The third-order valence-corrected chi connectivity index (χ3v) is 4.24. The van der Waals surface area contributed by atoms with Crippen LogP contribution in [0.1, 0.15) is 45.1 Å². The summed E-state index contributed by atoms with van der Waals surface area (Å²) >= 11 is 6.08. The molecule has 2 unspecified atom stereocenters. The van der Waals surface area contributed by atoms with Crippen molar-refractivity contribution in [2.75, 3.05) is 6.54 Å². The van der Waals surface area contributed by atoms with E-state index in [-0.39, 0.29) is 0 Å². The van der Waals surface area contributed by atoms with Crippen molar-refractivity contribution in [1.82, 2.24) is 14.9 Å². The highest BCUT2D eigenvalue weighted by molar-refractivity contribution is 6.31. The zero-order valence-corrected chi connectivity index (χ0v) is 12.4. The Morgan fingerprint density at radius 1 is 1.42 bits per heavy atom. The van der Waals surface area contributed by atoms with Crippen LogP contribution in [-0.2, 0) is 0 Å². The van der Waals surface area contributed by atoms with Crippen molar-refractivity contribution in [3.63, 3.8) is 0 Å². The summed E-state index contributed by atoms with van der Waals surface area (Å²) in [6.07, 6.45) is 1.22. The highest BCUT2D eigenvalue weighted by atomic mass is 35.5. The monoisotopic (exact) mass is 277 g/mol. The largest absolute Gasteiger partial charge is 0.324 e. The number of hydrogen-bond acceptors (Lipinski definition) is 2. The SMILES string of the molecule is CC1CCNC1c1nc2cc(Cl)ccc2n1C(C)C. The molecule has 1 fully saturated rings. The van der Waals surface area contributed by atoms with E-state index >= 15 is 0 Å². The van der Waals surface area contributed by atoms with Gasteiger partial charge >= 0.3 is 0 Å². The number of nitrogens with zero attached hydrogens (tertiary/aromatic N) is 2. The van der Waals surface area contributed by atoms with Gasteiger partial charge in [-0.1, -0.05) is 18.5 Å². The zero-order chi connectivity index (χ0) is 13.6. The number of nitrogens with one attached hydrogen (secondary N) is 1. The maximum absolute atomic E-state index is 6.08. The van der Waals surface area contributed by atoms with Crippen molar-refractivity contribution in [2.45, 2.75) is 39.3 Å². The van der Waals surface area contributed by atoms with E-state index in [1.54, 1.807) is 0 Å². The number of benzene rings is 1. The lowest BCUT2D eigenvalue weighted by molar-refractivity contribution is 0.444. The lowest BCUT2D eigenvalue weighted by Crippen LogP contribution is -2.22. The fraction of sp³-hybridized carbons (Fsp3) is 0.533. The van der Waals surface area contributed by atoms with Crippen molar-refractivity contribution in [1.29, 1.82) is 0 Å². The van der Waals surface area contributed by atoms with Gasteiger partial charge in [-0.3, -0.25) is 0 Å². The van der Waals surface area contributed by atoms with Crippen LogP contribution in [0.4, 0.5) is 0 Å². The van der Waals surface area contributed by atoms with Gasteiger partial charge in [-0.05, 0) is 50.9 Å². The molecule has 0 radical (unpaired) electrons. The van der Waals surface area contributed by atoms with Crippen LogP contribution >= 0.6 is 11.6 Å². The molecule has 3 rings (SSSR count). The van der Waals surface area contributed by atoms with Crippen LogP contribution in [0.3, 0.4) is 0 Å². The summed E-state index contributed by atoms with van der Waals surface area (Å²) in [7, 11) is 0. The molecule has 4 heteroatoms. The molecule has 2 atom stereocenters. The van der Waals surface area contributed by atoms with Gasteiger partial charge in [0.15, 0.2) is 0 Å². The van der Waals surface area contributed by atoms with E-state index in [4.69, 9.17) is 16.6 Å². The summed E-state index contributed by atoms with van der Waals surface area (Å²) in [5.74, 6) is 1.78. The molecule has 0 saturated carbocycles. The molecular formula is C15H20ClN3. The van der Waals surface area contributed by atoms with E-state index < -0.39 is 0 Å². The van der Waals surface area contributed by atoms with Crippen LogP contribution < -0.4 is 5.32 Å². The van der Waals surface area contributed by atoms with Crippen LogP contribution in [0.5, 0.6) is 0 Å². The van der Waals surface area contributed by atoms with Crippen molar-refractivity contribution in [3.05, 3.63) is 29.0 Å². The third kappa shape index (κ3) is 2.15. The Bertz CT molecular complexity index is 603. The second-order valence-electron chi connectivity index (χ2n) is 5.76. The van der Waals surface area contributed by atoms with Gasteiger partial charge in [0.05, 0.1) is 17.1 Å². The Morgan fingerprint density at radius 3 is 2.84 bits per heavy atom. The molecule has 1 aliphatic heterocycles. The molecule has 19 heavy (non-hydrogen) atoms. The van der Waals surface area contributed by atoms with Gasteiger partial charge in [-0.15, -0.1) is 0 Å². The molecule has 1 aromatic heterocycles. The summed E-state index contributed by atoms with van der Waals surface area (Å²) in [4.78, 5) is 4.84. The molecule has 102 valence electrons. The average molecular weight is 278 g/mol. The van der Waals surface area contributed by atoms with Crippen LogP contribution in [0.15, 0.2) is 18.2 Å². The minimum Gasteiger partial charge on any atom is -0.324 e. The quantitative estimate of drug-likeness (QED) is 0.901. The lowest BCUT2D eigenvalue weighted by atomic mass is 10.0. The van der Waals surface area contributed by atoms with E-state index in [0.29, 0.717) is 18.0 Å². The summed E-state index contributed by atoms with van der Waals surface area (Å²) in [5.41, 5.74) is 2.17. The number of aromatic nitrogens is 2. The molecule has 2 heterocycles. The first-order valence-electron chi connectivity index (χ1n) is 6.98. The fourth-order valence-electron chi connectivity index (χ4n) is 3.03. The predicted molar refractivity (Wildman–Crippen MR) is 79.7 cm³/mol. The topological polar surface area (TPSA) is 29.9 Å². The molecule has 0 spiro atoms. The van der Waals surface area contributed by atoms with Gasteiger partial charge in [0.2, 0.25) is 0 Å². The van der Waals surface area contributed by atoms with Gasteiger partial charge in [0, 0.05) is 11.1 Å². The molecule has 1 saturated heterocycles. The molecule has 1 N–H and O–H groups in total. The Balaban J connectivity index is 2.19.